The Hall–Kier alpha value is -3.02. The van der Waals surface area contributed by atoms with Gasteiger partial charge in [-0.1, -0.05) is 6.07 Å². The van der Waals surface area contributed by atoms with Gasteiger partial charge in [-0.05, 0) is 34.5 Å². The van der Waals surface area contributed by atoms with Crippen LogP contribution in [-0.2, 0) is 20.0 Å². The van der Waals surface area contributed by atoms with Crippen molar-refractivity contribution in [3.63, 3.8) is 0 Å². The summed E-state index contributed by atoms with van der Waals surface area (Å²) in [5.74, 6) is 0.318. The van der Waals surface area contributed by atoms with Gasteiger partial charge in [0, 0.05) is 32.4 Å². The van der Waals surface area contributed by atoms with Crippen LogP contribution in [0.5, 0.6) is 0 Å². The summed E-state index contributed by atoms with van der Waals surface area (Å²) >= 11 is 0. The maximum atomic E-state index is 12.8. The number of sulfonamides is 2. The van der Waals surface area contributed by atoms with Crippen molar-refractivity contribution in [1.29, 1.82) is 0 Å². The molecular weight excluding hydrogens is 460 g/mol. The van der Waals surface area contributed by atoms with E-state index < -0.39 is 29.8 Å². The van der Waals surface area contributed by atoms with Gasteiger partial charge in [0.05, 0.1) is 5.56 Å². The Morgan fingerprint density at radius 3 is 2.41 bits per heavy atom. The molecule has 0 aliphatic rings. The van der Waals surface area contributed by atoms with Crippen molar-refractivity contribution in [1.82, 2.24) is 30.3 Å². The quantitative estimate of drug-likeness (QED) is 0.188. The van der Waals surface area contributed by atoms with Gasteiger partial charge in [0.2, 0.25) is 25.9 Å². The Morgan fingerprint density at radius 1 is 1.03 bits per heavy atom. The standard InChI is InChI=1S/C16H22N10O4S2/c17-4-7-21-13-9-10(3-6-20-13)11-1-2-12(32(29,30)22-8-5-18)15(31(19,27)28)14(11)16-23-25-26-24-16/h1-3,6,9,22H,4-5,7-8,17-18H2,(H,20,21)(H2,19,27,28)(H,23,24,25,26). The molecule has 0 aliphatic heterocycles. The molecular formula is C16H22N10O4S2. The van der Waals surface area contributed by atoms with Gasteiger partial charge in [-0.15, -0.1) is 10.2 Å². The highest BCUT2D eigenvalue weighted by Crippen LogP contribution is 2.38. The van der Waals surface area contributed by atoms with Crippen molar-refractivity contribution < 1.29 is 16.8 Å². The maximum absolute atomic E-state index is 12.8. The molecule has 2 aromatic heterocycles. The summed E-state index contributed by atoms with van der Waals surface area (Å²) < 4.78 is 53.1. The first kappa shape index (κ1) is 23.6. The number of tetrazole rings is 1. The summed E-state index contributed by atoms with van der Waals surface area (Å²) in [4.78, 5) is 2.94. The number of aromatic amines is 1. The summed E-state index contributed by atoms with van der Waals surface area (Å²) in [6, 6.07) is 5.83. The maximum Gasteiger partial charge on any atom is 0.241 e. The number of anilines is 1. The van der Waals surface area contributed by atoms with E-state index in [2.05, 4.69) is 35.6 Å². The molecule has 0 fully saturated rings. The molecule has 14 nitrogen and oxygen atoms in total. The van der Waals surface area contributed by atoms with Gasteiger partial charge in [-0.25, -0.2) is 31.7 Å². The minimum atomic E-state index is -4.57. The van der Waals surface area contributed by atoms with Gasteiger partial charge in [0.15, 0.2) is 0 Å². The molecule has 2 heterocycles. The SMILES string of the molecule is NCCNc1cc(-c2ccc(S(=O)(=O)NCCN)c(S(N)(=O)=O)c2-c2nn[nH]n2)ccn1. The zero-order valence-electron chi connectivity index (χ0n) is 16.7. The smallest absolute Gasteiger partial charge is 0.241 e. The monoisotopic (exact) mass is 482 g/mol. The topological polar surface area (TPSA) is 238 Å². The van der Waals surface area contributed by atoms with Crippen molar-refractivity contribution in [3.05, 3.63) is 30.5 Å². The fourth-order valence-electron chi connectivity index (χ4n) is 2.95. The molecule has 16 heteroatoms. The number of rotatable bonds is 10. The molecule has 0 saturated heterocycles. The van der Waals surface area contributed by atoms with E-state index in [1.807, 2.05) is 0 Å². The third-order valence-electron chi connectivity index (χ3n) is 4.22. The van der Waals surface area contributed by atoms with Gasteiger partial charge in [-0.2, -0.15) is 5.21 Å². The number of primary sulfonamides is 1. The van der Waals surface area contributed by atoms with Crippen LogP contribution in [0.2, 0.25) is 0 Å². The molecule has 32 heavy (non-hydrogen) atoms. The van der Waals surface area contributed by atoms with Gasteiger partial charge >= 0.3 is 0 Å². The molecule has 0 bridgehead atoms. The van der Waals surface area contributed by atoms with Crippen molar-refractivity contribution in [2.24, 2.45) is 16.6 Å². The minimum absolute atomic E-state index is 0.00924. The zero-order valence-corrected chi connectivity index (χ0v) is 18.3. The number of H-pyrrole nitrogens is 1. The van der Waals surface area contributed by atoms with E-state index in [1.54, 1.807) is 12.1 Å². The van der Waals surface area contributed by atoms with Crippen LogP contribution < -0.4 is 26.6 Å². The lowest BCUT2D eigenvalue weighted by molar-refractivity contribution is 0.574. The average molecular weight is 483 g/mol. The number of pyridine rings is 1. The molecule has 0 aliphatic carbocycles. The van der Waals surface area contributed by atoms with E-state index >= 15 is 0 Å². The third kappa shape index (κ3) is 5.06. The number of hydrogen-bond acceptors (Lipinski definition) is 11. The van der Waals surface area contributed by atoms with E-state index in [4.69, 9.17) is 16.6 Å². The Balaban J connectivity index is 2.34. The normalized spacial score (nSPS) is 12.1. The van der Waals surface area contributed by atoms with Crippen LogP contribution in [0.25, 0.3) is 22.5 Å². The molecule has 0 saturated carbocycles. The van der Waals surface area contributed by atoms with Crippen LogP contribution in [0.4, 0.5) is 5.82 Å². The summed E-state index contributed by atoms with van der Waals surface area (Å²) in [5.41, 5.74) is 11.5. The average Bonchev–Trinajstić information content (AvgIpc) is 3.29. The molecule has 0 spiro atoms. The Bertz CT molecular complexity index is 1290. The minimum Gasteiger partial charge on any atom is -0.369 e. The molecule has 3 aromatic rings. The van der Waals surface area contributed by atoms with Gasteiger partial charge in [0.1, 0.15) is 15.6 Å². The highest BCUT2D eigenvalue weighted by atomic mass is 32.2. The summed E-state index contributed by atoms with van der Waals surface area (Å²) in [6.45, 7) is 0.736. The van der Waals surface area contributed by atoms with Crippen molar-refractivity contribution >= 4 is 25.9 Å². The Morgan fingerprint density at radius 2 is 1.78 bits per heavy atom. The van der Waals surface area contributed by atoms with Crippen LogP contribution in [0.3, 0.4) is 0 Å². The van der Waals surface area contributed by atoms with E-state index in [0.717, 1.165) is 6.07 Å². The molecule has 0 unspecified atom stereocenters. The first-order chi connectivity index (χ1) is 15.2. The molecule has 9 N–H and O–H groups in total. The summed E-state index contributed by atoms with van der Waals surface area (Å²) in [6.07, 6.45) is 1.50. The van der Waals surface area contributed by atoms with Crippen LogP contribution >= 0.6 is 0 Å². The molecule has 0 amide bonds. The van der Waals surface area contributed by atoms with E-state index in [9.17, 15) is 16.8 Å². The lowest BCUT2D eigenvalue weighted by Gasteiger charge is -2.17. The molecule has 1 aromatic carbocycles. The van der Waals surface area contributed by atoms with E-state index in [-0.39, 0.29) is 24.5 Å². The number of benzene rings is 1. The van der Waals surface area contributed by atoms with Crippen molar-refractivity contribution in [2.45, 2.75) is 9.79 Å². The highest BCUT2D eigenvalue weighted by molar-refractivity contribution is 7.92. The predicted molar refractivity (Wildman–Crippen MR) is 116 cm³/mol. The Labute approximate surface area is 184 Å². The number of aromatic nitrogens is 5. The van der Waals surface area contributed by atoms with Crippen LogP contribution in [0, 0.1) is 0 Å². The molecule has 3 rings (SSSR count). The first-order valence-corrected chi connectivity index (χ1v) is 12.3. The number of nitrogens with zero attached hydrogens (tertiary/aromatic N) is 4. The van der Waals surface area contributed by atoms with Crippen LogP contribution in [0.15, 0.2) is 40.3 Å². The fourth-order valence-corrected chi connectivity index (χ4v) is 5.60. The van der Waals surface area contributed by atoms with Crippen molar-refractivity contribution in [2.75, 3.05) is 31.5 Å². The number of hydrogen-bond donors (Lipinski definition) is 6. The lowest BCUT2D eigenvalue weighted by atomic mass is 10.00. The second-order valence-electron chi connectivity index (χ2n) is 6.43. The molecule has 172 valence electrons. The van der Waals surface area contributed by atoms with Crippen LogP contribution in [0.1, 0.15) is 0 Å². The number of nitrogens with one attached hydrogen (secondary N) is 3. The molecule has 0 atom stereocenters. The zero-order chi connectivity index (χ0) is 23.4. The largest absolute Gasteiger partial charge is 0.369 e. The van der Waals surface area contributed by atoms with Crippen molar-refractivity contribution in [3.8, 4) is 22.5 Å². The summed E-state index contributed by atoms with van der Waals surface area (Å²) in [7, 11) is -8.86. The molecule has 0 radical (unpaired) electrons. The van der Waals surface area contributed by atoms with Gasteiger partial charge < -0.3 is 16.8 Å². The second-order valence-corrected chi connectivity index (χ2v) is 9.66. The summed E-state index contributed by atoms with van der Waals surface area (Å²) in [5, 5.41) is 21.9. The van der Waals surface area contributed by atoms with E-state index in [1.165, 1.54) is 12.3 Å². The number of nitrogens with two attached hydrogens (primary N) is 3. The van der Waals surface area contributed by atoms with Crippen LogP contribution in [-0.4, -0.2) is 68.6 Å². The fraction of sp³-hybridized carbons (Fsp3) is 0.250. The lowest BCUT2D eigenvalue weighted by Crippen LogP contribution is -2.31. The van der Waals surface area contributed by atoms with E-state index in [0.29, 0.717) is 30.0 Å². The Kier molecular flexibility index (Phi) is 7.12. The predicted octanol–water partition coefficient (Wildman–Crippen LogP) is -1.82. The van der Waals surface area contributed by atoms with Gasteiger partial charge in [-0.3, -0.25) is 0 Å². The first-order valence-electron chi connectivity index (χ1n) is 9.22. The highest BCUT2D eigenvalue weighted by Gasteiger charge is 2.32. The third-order valence-corrected chi connectivity index (χ3v) is 6.85. The van der Waals surface area contributed by atoms with Gasteiger partial charge in [0.25, 0.3) is 0 Å². The second kappa shape index (κ2) is 9.63.